The number of rotatable bonds is 5. The molecule has 1 saturated heterocycles. The second-order valence-corrected chi connectivity index (χ2v) is 9.05. The molecule has 1 N–H and O–H groups in total. The number of nitrogens with zero attached hydrogens (tertiary/aromatic N) is 1. The Bertz CT molecular complexity index is 989. The highest BCUT2D eigenvalue weighted by molar-refractivity contribution is 6.33. The Morgan fingerprint density at radius 2 is 2.03 bits per heavy atom. The van der Waals surface area contributed by atoms with Crippen molar-refractivity contribution in [3.05, 3.63) is 58.1 Å². The number of hydrogen-bond acceptors (Lipinski definition) is 5. The average molecular weight is 407 g/mol. The standard InChI is InChI=1S/C24H30BNO4/c1-14-11-20(29-13-16-7-5-6-8-19(16)25)15(2)21-17(14)9-10-24(28)18(12-26(3)4)23(27)30-22(21)24/h5-8,11,18,22,28H,9-10,12-13,25H2,1-4H3/t18?,22-,24+/m0/s1. The zero-order chi connectivity index (χ0) is 21.6. The highest BCUT2D eigenvalue weighted by atomic mass is 16.6. The van der Waals surface area contributed by atoms with E-state index in [4.69, 9.17) is 9.47 Å². The fourth-order valence-corrected chi connectivity index (χ4v) is 4.95. The van der Waals surface area contributed by atoms with Crippen LogP contribution in [0.15, 0.2) is 30.3 Å². The summed E-state index contributed by atoms with van der Waals surface area (Å²) in [7, 11) is 5.90. The molecule has 30 heavy (non-hydrogen) atoms. The van der Waals surface area contributed by atoms with Crippen molar-refractivity contribution in [1.82, 2.24) is 4.90 Å². The van der Waals surface area contributed by atoms with E-state index in [1.54, 1.807) is 0 Å². The summed E-state index contributed by atoms with van der Waals surface area (Å²) in [5, 5.41) is 11.6. The van der Waals surface area contributed by atoms with Crippen LogP contribution < -0.4 is 10.2 Å². The summed E-state index contributed by atoms with van der Waals surface area (Å²) >= 11 is 0. The molecular formula is C24H30BNO4. The van der Waals surface area contributed by atoms with E-state index < -0.39 is 17.6 Å². The lowest BCUT2D eigenvalue weighted by Gasteiger charge is -2.39. The summed E-state index contributed by atoms with van der Waals surface area (Å²) in [6.45, 7) is 5.02. The highest BCUT2D eigenvalue weighted by Crippen LogP contribution is 2.52. The van der Waals surface area contributed by atoms with Crippen molar-refractivity contribution >= 4 is 19.3 Å². The first-order chi connectivity index (χ1) is 14.2. The van der Waals surface area contributed by atoms with Crippen LogP contribution in [0.2, 0.25) is 0 Å². The molecule has 2 aromatic carbocycles. The first-order valence-corrected chi connectivity index (χ1v) is 10.6. The van der Waals surface area contributed by atoms with E-state index in [1.165, 1.54) is 11.0 Å². The summed E-state index contributed by atoms with van der Waals surface area (Å²) < 4.78 is 12.0. The van der Waals surface area contributed by atoms with Gasteiger partial charge in [-0.2, -0.15) is 0 Å². The molecule has 4 rings (SSSR count). The fraction of sp³-hybridized carbons (Fsp3) is 0.458. The first-order valence-electron chi connectivity index (χ1n) is 10.6. The molecule has 1 aliphatic heterocycles. The first kappa shape index (κ1) is 20.9. The maximum absolute atomic E-state index is 12.7. The predicted molar refractivity (Wildman–Crippen MR) is 119 cm³/mol. The highest BCUT2D eigenvalue weighted by Gasteiger charge is 2.59. The Kier molecular flexibility index (Phi) is 5.41. The van der Waals surface area contributed by atoms with Crippen LogP contribution in [0.5, 0.6) is 5.75 Å². The zero-order valence-electron chi connectivity index (χ0n) is 18.5. The molecule has 1 unspecified atom stereocenters. The van der Waals surface area contributed by atoms with Gasteiger partial charge in [-0.05, 0) is 69.1 Å². The van der Waals surface area contributed by atoms with Gasteiger partial charge in [0.15, 0.2) is 6.10 Å². The van der Waals surface area contributed by atoms with Crippen molar-refractivity contribution in [2.75, 3.05) is 20.6 Å². The third-order valence-electron chi connectivity index (χ3n) is 6.73. The second kappa shape index (κ2) is 7.75. The van der Waals surface area contributed by atoms with Crippen LogP contribution in [-0.2, 0) is 22.6 Å². The molecule has 3 atom stereocenters. The fourth-order valence-electron chi connectivity index (χ4n) is 4.95. The second-order valence-electron chi connectivity index (χ2n) is 9.05. The average Bonchev–Trinajstić information content (AvgIpc) is 2.94. The molecule has 1 fully saturated rings. The smallest absolute Gasteiger partial charge is 0.314 e. The van der Waals surface area contributed by atoms with E-state index in [0.29, 0.717) is 19.6 Å². The minimum atomic E-state index is -1.18. The molecule has 0 bridgehead atoms. The van der Waals surface area contributed by atoms with E-state index >= 15 is 0 Å². The van der Waals surface area contributed by atoms with Crippen LogP contribution >= 0.6 is 0 Å². The van der Waals surface area contributed by atoms with Crippen LogP contribution in [0.3, 0.4) is 0 Å². The van der Waals surface area contributed by atoms with E-state index in [9.17, 15) is 9.90 Å². The molecule has 0 spiro atoms. The molecule has 0 amide bonds. The number of benzene rings is 2. The molecule has 6 heteroatoms. The minimum Gasteiger partial charge on any atom is -0.489 e. The van der Waals surface area contributed by atoms with Crippen molar-refractivity contribution in [3.63, 3.8) is 0 Å². The van der Waals surface area contributed by atoms with E-state index in [1.807, 2.05) is 38.1 Å². The largest absolute Gasteiger partial charge is 0.489 e. The van der Waals surface area contributed by atoms with E-state index in [2.05, 4.69) is 33.0 Å². The van der Waals surface area contributed by atoms with Crippen LogP contribution in [0.25, 0.3) is 0 Å². The molecule has 0 radical (unpaired) electrons. The summed E-state index contributed by atoms with van der Waals surface area (Å²) in [6, 6.07) is 10.3. The van der Waals surface area contributed by atoms with Gasteiger partial charge in [-0.25, -0.2) is 0 Å². The minimum absolute atomic E-state index is 0.313. The number of carbonyl (C=O) groups excluding carboxylic acids is 1. The SMILES string of the molecule is Bc1ccccc1COc1cc(C)c2c(c1C)[C@@H]1OC(=O)C(CN(C)C)[C@]1(O)CC2. The molecular weight excluding hydrogens is 377 g/mol. The Morgan fingerprint density at radius 1 is 1.30 bits per heavy atom. The number of aliphatic hydroxyl groups is 1. The van der Waals surface area contributed by atoms with Gasteiger partial charge in [-0.3, -0.25) is 4.79 Å². The Morgan fingerprint density at radius 3 is 2.73 bits per heavy atom. The van der Waals surface area contributed by atoms with Crippen LogP contribution in [0.4, 0.5) is 0 Å². The van der Waals surface area contributed by atoms with Crippen LogP contribution in [0.1, 0.15) is 40.3 Å². The summed E-state index contributed by atoms with van der Waals surface area (Å²) in [4.78, 5) is 14.6. The van der Waals surface area contributed by atoms with Crippen molar-refractivity contribution in [2.45, 2.75) is 45.0 Å². The molecule has 0 aromatic heterocycles. The number of fused-ring (bicyclic) bond motifs is 3. The lowest BCUT2D eigenvalue weighted by atomic mass is 9.70. The third-order valence-corrected chi connectivity index (χ3v) is 6.73. The lowest BCUT2D eigenvalue weighted by molar-refractivity contribution is -0.145. The van der Waals surface area contributed by atoms with Gasteiger partial charge in [0.25, 0.3) is 0 Å². The van der Waals surface area contributed by atoms with Gasteiger partial charge in [0, 0.05) is 12.1 Å². The maximum Gasteiger partial charge on any atom is 0.314 e. The summed E-state index contributed by atoms with van der Waals surface area (Å²) in [5.41, 5.74) is 5.31. The van der Waals surface area contributed by atoms with Crippen molar-refractivity contribution in [1.29, 1.82) is 0 Å². The number of hydrogen-bond donors (Lipinski definition) is 1. The van der Waals surface area contributed by atoms with Gasteiger partial charge < -0.3 is 19.5 Å². The Balaban J connectivity index is 1.70. The van der Waals surface area contributed by atoms with Crippen LogP contribution in [-0.4, -0.2) is 50.1 Å². The monoisotopic (exact) mass is 407 g/mol. The molecule has 158 valence electrons. The van der Waals surface area contributed by atoms with Crippen molar-refractivity contribution in [3.8, 4) is 5.75 Å². The topological polar surface area (TPSA) is 59.0 Å². The predicted octanol–water partition coefficient (Wildman–Crippen LogP) is 1.59. The number of esters is 1. The van der Waals surface area contributed by atoms with Gasteiger partial charge in [0.05, 0.1) is 0 Å². The molecule has 5 nitrogen and oxygen atoms in total. The van der Waals surface area contributed by atoms with Gasteiger partial charge in [0.2, 0.25) is 0 Å². The van der Waals surface area contributed by atoms with Crippen molar-refractivity contribution in [2.24, 2.45) is 5.92 Å². The molecule has 2 aromatic rings. The van der Waals surface area contributed by atoms with Crippen LogP contribution in [0, 0.1) is 19.8 Å². The van der Waals surface area contributed by atoms with E-state index in [0.717, 1.165) is 34.4 Å². The number of ether oxygens (including phenoxy) is 2. The van der Waals surface area contributed by atoms with Gasteiger partial charge in [-0.15, -0.1) is 0 Å². The Labute approximate surface area is 179 Å². The van der Waals surface area contributed by atoms with Crippen molar-refractivity contribution < 1.29 is 19.4 Å². The molecule has 0 saturated carbocycles. The third kappa shape index (κ3) is 3.42. The Hall–Kier alpha value is -2.31. The zero-order valence-corrected chi connectivity index (χ0v) is 18.5. The molecule has 1 aliphatic carbocycles. The van der Waals surface area contributed by atoms with E-state index in [-0.39, 0.29) is 5.97 Å². The molecule has 1 heterocycles. The maximum atomic E-state index is 12.7. The lowest BCUT2D eigenvalue weighted by Crippen LogP contribution is -2.47. The summed E-state index contributed by atoms with van der Waals surface area (Å²) in [6.07, 6.45) is 0.617. The normalized spacial score (nSPS) is 25.1. The molecule has 2 aliphatic rings. The van der Waals surface area contributed by atoms with Gasteiger partial charge in [0.1, 0.15) is 31.7 Å². The number of aryl methyl sites for hydroxylation is 1. The summed E-state index contributed by atoms with van der Waals surface area (Å²) in [5.74, 6) is -0.0694. The van der Waals surface area contributed by atoms with Gasteiger partial charge >= 0.3 is 5.97 Å². The quantitative estimate of drug-likeness (QED) is 0.603. The van der Waals surface area contributed by atoms with Gasteiger partial charge in [-0.1, -0.05) is 29.7 Å². The number of carbonyl (C=O) groups is 1.